The standard InChI is InChI=1S/C33H24O2/c1-19-9-4-13-26-28-17-7-15-24(32(28)34-30(19)26)22-11-6-12-23(21(22)3)25-16-8-18-29-27-14-5-10-20(2)31(27)35-33(25)29/h4-18H,1-3H3. The minimum Gasteiger partial charge on any atom is -0.455 e. The van der Waals surface area contributed by atoms with Crippen molar-refractivity contribution in [3.63, 3.8) is 0 Å². The number of aryl methyl sites for hydroxylation is 2. The lowest BCUT2D eigenvalue weighted by molar-refractivity contribution is 0.666. The van der Waals surface area contributed by atoms with Gasteiger partial charge in [0.25, 0.3) is 0 Å². The number of fused-ring (bicyclic) bond motifs is 6. The Morgan fingerprint density at radius 2 is 0.714 bits per heavy atom. The summed E-state index contributed by atoms with van der Waals surface area (Å²) in [6.45, 7) is 6.40. The molecule has 0 unspecified atom stereocenters. The van der Waals surface area contributed by atoms with E-state index in [0.717, 1.165) is 66.1 Å². The average molecular weight is 453 g/mol. The molecule has 0 radical (unpaired) electrons. The summed E-state index contributed by atoms with van der Waals surface area (Å²) in [5, 5.41) is 4.64. The fraction of sp³-hybridized carbons (Fsp3) is 0.0909. The smallest absolute Gasteiger partial charge is 0.143 e. The molecule has 0 fully saturated rings. The second kappa shape index (κ2) is 7.35. The van der Waals surface area contributed by atoms with Crippen LogP contribution in [0.2, 0.25) is 0 Å². The van der Waals surface area contributed by atoms with Gasteiger partial charge in [-0.1, -0.05) is 91.0 Å². The molecule has 0 aliphatic rings. The first-order valence-electron chi connectivity index (χ1n) is 12.0. The summed E-state index contributed by atoms with van der Waals surface area (Å²) in [5.41, 5.74) is 11.9. The van der Waals surface area contributed by atoms with Crippen molar-refractivity contribution in [2.75, 3.05) is 0 Å². The fourth-order valence-corrected chi connectivity index (χ4v) is 5.57. The number of para-hydroxylation sites is 4. The van der Waals surface area contributed by atoms with Crippen molar-refractivity contribution < 1.29 is 8.83 Å². The molecular weight excluding hydrogens is 428 g/mol. The quantitative estimate of drug-likeness (QED) is 0.261. The van der Waals surface area contributed by atoms with Gasteiger partial charge >= 0.3 is 0 Å². The zero-order chi connectivity index (χ0) is 23.7. The van der Waals surface area contributed by atoms with Crippen LogP contribution in [-0.2, 0) is 0 Å². The van der Waals surface area contributed by atoms with E-state index < -0.39 is 0 Å². The fourth-order valence-electron chi connectivity index (χ4n) is 5.57. The predicted molar refractivity (Wildman–Crippen MR) is 146 cm³/mol. The molecule has 0 spiro atoms. The van der Waals surface area contributed by atoms with Gasteiger partial charge in [0.1, 0.15) is 22.3 Å². The number of furan rings is 2. The van der Waals surface area contributed by atoms with Gasteiger partial charge in [0.05, 0.1) is 0 Å². The normalized spacial score (nSPS) is 11.9. The van der Waals surface area contributed by atoms with Crippen molar-refractivity contribution in [3.8, 4) is 22.3 Å². The molecule has 0 amide bonds. The van der Waals surface area contributed by atoms with Gasteiger partial charge in [-0.15, -0.1) is 0 Å². The highest BCUT2D eigenvalue weighted by Crippen LogP contribution is 2.42. The largest absolute Gasteiger partial charge is 0.455 e. The molecule has 35 heavy (non-hydrogen) atoms. The minimum atomic E-state index is 0.939. The second-order valence-electron chi connectivity index (χ2n) is 9.45. The number of hydrogen-bond acceptors (Lipinski definition) is 2. The third kappa shape index (κ3) is 2.83. The van der Waals surface area contributed by atoms with E-state index in [4.69, 9.17) is 8.83 Å². The van der Waals surface area contributed by atoms with Crippen LogP contribution < -0.4 is 0 Å². The first-order chi connectivity index (χ1) is 17.1. The Morgan fingerprint density at radius 1 is 0.371 bits per heavy atom. The minimum absolute atomic E-state index is 0.939. The molecule has 2 nitrogen and oxygen atoms in total. The van der Waals surface area contributed by atoms with Crippen molar-refractivity contribution in [3.05, 3.63) is 108 Å². The lowest BCUT2D eigenvalue weighted by Crippen LogP contribution is -1.89. The molecule has 0 aliphatic heterocycles. The van der Waals surface area contributed by atoms with Crippen LogP contribution in [0.1, 0.15) is 16.7 Å². The number of benzene rings is 5. The van der Waals surface area contributed by atoms with Crippen LogP contribution in [0.5, 0.6) is 0 Å². The van der Waals surface area contributed by atoms with E-state index in [-0.39, 0.29) is 0 Å². The van der Waals surface area contributed by atoms with Gasteiger partial charge in [-0.25, -0.2) is 0 Å². The van der Waals surface area contributed by atoms with E-state index in [2.05, 4.69) is 112 Å². The highest BCUT2D eigenvalue weighted by molar-refractivity contribution is 6.12. The Bertz CT molecular complexity index is 1790. The third-order valence-corrected chi connectivity index (χ3v) is 7.36. The van der Waals surface area contributed by atoms with Crippen molar-refractivity contribution in [2.45, 2.75) is 20.8 Å². The molecule has 2 aromatic heterocycles. The summed E-state index contributed by atoms with van der Waals surface area (Å²) in [7, 11) is 0. The lowest BCUT2D eigenvalue weighted by Gasteiger charge is -2.13. The molecule has 0 aliphatic carbocycles. The van der Waals surface area contributed by atoms with E-state index in [0.29, 0.717) is 0 Å². The van der Waals surface area contributed by atoms with Crippen LogP contribution in [0.15, 0.2) is 99.8 Å². The Kier molecular flexibility index (Phi) is 4.22. The molecule has 0 N–H and O–H groups in total. The van der Waals surface area contributed by atoms with E-state index in [1.807, 2.05) is 0 Å². The molecule has 2 heteroatoms. The summed E-state index contributed by atoms with van der Waals surface area (Å²) in [6, 6.07) is 32.1. The third-order valence-electron chi connectivity index (χ3n) is 7.36. The summed E-state index contributed by atoms with van der Waals surface area (Å²) in [4.78, 5) is 0. The zero-order valence-electron chi connectivity index (χ0n) is 20.0. The van der Waals surface area contributed by atoms with Gasteiger partial charge < -0.3 is 8.83 Å². The Hall–Kier alpha value is -4.30. The van der Waals surface area contributed by atoms with Crippen LogP contribution >= 0.6 is 0 Å². The summed E-state index contributed by atoms with van der Waals surface area (Å²) in [6.07, 6.45) is 0. The van der Waals surface area contributed by atoms with Crippen LogP contribution in [0.4, 0.5) is 0 Å². The van der Waals surface area contributed by atoms with Crippen LogP contribution in [-0.4, -0.2) is 0 Å². The molecule has 0 bridgehead atoms. The van der Waals surface area contributed by atoms with Crippen LogP contribution in [0.25, 0.3) is 66.1 Å². The maximum absolute atomic E-state index is 6.47. The van der Waals surface area contributed by atoms with E-state index in [1.165, 1.54) is 16.7 Å². The molecule has 0 saturated carbocycles. The molecule has 0 atom stereocenters. The highest BCUT2D eigenvalue weighted by atomic mass is 16.3. The van der Waals surface area contributed by atoms with Crippen LogP contribution in [0.3, 0.4) is 0 Å². The molecule has 7 rings (SSSR count). The topological polar surface area (TPSA) is 26.3 Å². The molecular formula is C33H24O2. The van der Waals surface area contributed by atoms with Crippen molar-refractivity contribution >= 4 is 43.9 Å². The van der Waals surface area contributed by atoms with Gasteiger partial charge in [0.15, 0.2) is 0 Å². The maximum atomic E-state index is 6.47. The molecule has 7 aromatic rings. The van der Waals surface area contributed by atoms with Gasteiger partial charge in [-0.05, 0) is 48.6 Å². The Labute approximate surface area is 203 Å². The summed E-state index contributed by atoms with van der Waals surface area (Å²) in [5.74, 6) is 0. The highest BCUT2D eigenvalue weighted by Gasteiger charge is 2.18. The number of hydrogen-bond donors (Lipinski definition) is 0. The monoisotopic (exact) mass is 452 g/mol. The van der Waals surface area contributed by atoms with E-state index in [1.54, 1.807) is 0 Å². The Balaban J connectivity index is 1.50. The van der Waals surface area contributed by atoms with E-state index in [9.17, 15) is 0 Å². The van der Waals surface area contributed by atoms with Gasteiger partial charge in [-0.2, -0.15) is 0 Å². The molecule has 168 valence electrons. The first kappa shape index (κ1) is 20.1. The Morgan fingerprint density at radius 3 is 1.17 bits per heavy atom. The molecule has 2 heterocycles. The summed E-state index contributed by atoms with van der Waals surface area (Å²) >= 11 is 0. The van der Waals surface area contributed by atoms with E-state index >= 15 is 0 Å². The van der Waals surface area contributed by atoms with Gasteiger partial charge in [-0.3, -0.25) is 0 Å². The first-order valence-corrected chi connectivity index (χ1v) is 12.0. The lowest BCUT2D eigenvalue weighted by atomic mass is 9.91. The second-order valence-corrected chi connectivity index (χ2v) is 9.45. The number of rotatable bonds is 2. The van der Waals surface area contributed by atoms with Crippen molar-refractivity contribution in [1.82, 2.24) is 0 Å². The van der Waals surface area contributed by atoms with Gasteiger partial charge in [0, 0.05) is 32.7 Å². The average Bonchev–Trinajstić information content (AvgIpc) is 3.45. The molecule has 5 aromatic carbocycles. The van der Waals surface area contributed by atoms with Gasteiger partial charge in [0.2, 0.25) is 0 Å². The van der Waals surface area contributed by atoms with Crippen molar-refractivity contribution in [1.29, 1.82) is 0 Å². The van der Waals surface area contributed by atoms with Crippen molar-refractivity contribution in [2.24, 2.45) is 0 Å². The van der Waals surface area contributed by atoms with Crippen LogP contribution in [0, 0.1) is 20.8 Å². The summed E-state index contributed by atoms with van der Waals surface area (Å²) < 4.78 is 12.9. The predicted octanol–water partition coefficient (Wildman–Crippen LogP) is 9.74. The molecule has 0 saturated heterocycles. The zero-order valence-corrected chi connectivity index (χ0v) is 20.0. The SMILES string of the molecule is Cc1c(-c2cccc3c2oc2c(C)cccc23)cccc1-c1cccc2c1oc1c(C)cccc12. The maximum Gasteiger partial charge on any atom is 0.143 e.